The van der Waals surface area contributed by atoms with Gasteiger partial charge in [-0.05, 0) is 56.4 Å². The maximum absolute atomic E-state index is 10.9. The van der Waals surface area contributed by atoms with Crippen molar-refractivity contribution in [2.45, 2.75) is 78.6 Å². The summed E-state index contributed by atoms with van der Waals surface area (Å²) in [6, 6.07) is 11.5. The van der Waals surface area contributed by atoms with E-state index >= 15 is 0 Å². The van der Waals surface area contributed by atoms with Crippen molar-refractivity contribution in [2.24, 2.45) is 0 Å². The molecular formula is C25H34NO2P. The maximum Gasteiger partial charge on any atom is 0.269 e. The average molecular weight is 412 g/mol. The maximum atomic E-state index is 10.9. The Kier molecular flexibility index (Phi) is 6.45. The fourth-order valence-corrected chi connectivity index (χ4v) is 4.70. The minimum atomic E-state index is -0.359. The summed E-state index contributed by atoms with van der Waals surface area (Å²) in [5, 5.41) is 12.3. The average Bonchev–Trinajstić information content (AvgIpc) is 2.57. The van der Waals surface area contributed by atoms with Gasteiger partial charge in [0.05, 0.1) is 4.92 Å². The van der Waals surface area contributed by atoms with Gasteiger partial charge >= 0.3 is 0 Å². The Morgan fingerprint density at radius 2 is 1.24 bits per heavy atom. The molecule has 0 radical (unpaired) electrons. The molecule has 156 valence electrons. The molecule has 0 N–H and O–H groups in total. The minimum absolute atomic E-state index is 0.0207. The summed E-state index contributed by atoms with van der Waals surface area (Å²) in [7, 11) is 1.11. The molecule has 0 fully saturated rings. The zero-order chi connectivity index (χ0) is 22.2. The lowest BCUT2D eigenvalue weighted by atomic mass is 9.75. The Morgan fingerprint density at radius 1 is 0.793 bits per heavy atom. The fourth-order valence-electron chi connectivity index (χ4n) is 3.17. The first kappa shape index (κ1) is 23.3. The highest BCUT2D eigenvalue weighted by Gasteiger charge is 2.28. The van der Waals surface area contributed by atoms with Gasteiger partial charge in [0, 0.05) is 17.4 Å². The third-order valence-electron chi connectivity index (χ3n) is 5.04. The molecule has 0 heterocycles. The molecular weight excluding hydrogens is 377 g/mol. The van der Waals surface area contributed by atoms with E-state index in [1.165, 1.54) is 22.0 Å². The van der Waals surface area contributed by atoms with E-state index in [0.29, 0.717) is 0 Å². The van der Waals surface area contributed by atoms with E-state index in [0.717, 1.165) is 13.8 Å². The minimum Gasteiger partial charge on any atom is -0.258 e. The van der Waals surface area contributed by atoms with Crippen LogP contribution in [0.15, 0.2) is 36.4 Å². The zero-order valence-electron chi connectivity index (χ0n) is 19.3. The Hall–Kier alpha value is -1.99. The highest BCUT2D eigenvalue weighted by Crippen LogP contribution is 2.35. The predicted octanol–water partition coefficient (Wildman–Crippen LogP) is 6.91. The van der Waals surface area contributed by atoms with Crippen LogP contribution in [0.25, 0.3) is 0 Å². The predicted molar refractivity (Wildman–Crippen MR) is 127 cm³/mol. The molecule has 0 bridgehead atoms. The summed E-state index contributed by atoms with van der Waals surface area (Å²) in [5.74, 6) is 2.15. The van der Waals surface area contributed by atoms with Gasteiger partial charge in [0.2, 0.25) is 0 Å². The van der Waals surface area contributed by atoms with Crippen molar-refractivity contribution >= 4 is 25.0 Å². The van der Waals surface area contributed by atoms with E-state index in [4.69, 9.17) is 0 Å². The Bertz CT molecular complexity index is 886. The zero-order valence-corrected chi connectivity index (χ0v) is 20.1. The van der Waals surface area contributed by atoms with Gasteiger partial charge in [0.25, 0.3) is 5.69 Å². The number of nitrogens with zero attached hydrogens (tertiary/aromatic N) is 1. The van der Waals surface area contributed by atoms with Crippen LogP contribution in [-0.4, -0.2) is 10.7 Å². The molecule has 0 unspecified atom stereocenters. The lowest BCUT2D eigenvalue weighted by Gasteiger charge is -2.32. The first-order chi connectivity index (χ1) is 13.1. The van der Waals surface area contributed by atoms with Crippen LogP contribution < -0.4 is 5.30 Å². The van der Waals surface area contributed by atoms with Gasteiger partial charge in [-0.3, -0.25) is 10.1 Å². The molecule has 0 aliphatic heterocycles. The molecule has 0 spiro atoms. The van der Waals surface area contributed by atoms with Crippen LogP contribution in [0.2, 0.25) is 0 Å². The van der Waals surface area contributed by atoms with Gasteiger partial charge in [-0.15, -0.1) is 0 Å². The van der Waals surface area contributed by atoms with Gasteiger partial charge in [-0.1, -0.05) is 82.7 Å². The molecule has 0 aromatic heterocycles. The molecule has 0 saturated heterocycles. The number of nitro benzene ring substituents is 1. The van der Waals surface area contributed by atoms with E-state index < -0.39 is 0 Å². The molecule has 29 heavy (non-hydrogen) atoms. The van der Waals surface area contributed by atoms with E-state index in [9.17, 15) is 10.1 Å². The standard InChI is InChI=1S/C25H34NO2P/c1-23(2,3)18-14-20(24(4,5)6)22(21(15-18)25(7,8)9)29-16-17-10-12-19(13-11-17)26(27)28/h10-16H,1-9H3. The monoisotopic (exact) mass is 411 g/mol. The van der Waals surface area contributed by atoms with E-state index in [1.807, 2.05) is 12.1 Å². The lowest BCUT2D eigenvalue weighted by molar-refractivity contribution is -0.384. The van der Waals surface area contributed by atoms with Gasteiger partial charge < -0.3 is 0 Å². The fraction of sp³-hybridized carbons (Fsp3) is 0.480. The van der Waals surface area contributed by atoms with Crippen LogP contribution >= 0.6 is 8.20 Å². The summed E-state index contributed by atoms with van der Waals surface area (Å²) in [4.78, 5) is 10.5. The van der Waals surface area contributed by atoms with Crippen LogP contribution in [0.1, 0.15) is 84.6 Å². The van der Waals surface area contributed by atoms with Gasteiger partial charge in [-0.25, -0.2) is 0 Å². The Morgan fingerprint density at radius 3 is 1.59 bits per heavy atom. The molecule has 2 rings (SSSR count). The molecule has 2 aromatic rings. The van der Waals surface area contributed by atoms with Crippen LogP contribution in [0.5, 0.6) is 0 Å². The van der Waals surface area contributed by atoms with Crippen molar-refractivity contribution in [3.63, 3.8) is 0 Å². The van der Waals surface area contributed by atoms with Crippen molar-refractivity contribution in [1.82, 2.24) is 0 Å². The quantitative estimate of drug-likeness (QED) is 0.313. The summed E-state index contributed by atoms with van der Waals surface area (Å²) < 4.78 is 0. The molecule has 3 nitrogen and oxygen atoms in total. The molecule has 0 saturated carbocycles. The van der Waals surface area contributed by atoms with Crippen molar-refractivity contribution in [3.05, 3.63) is 68.8 Å². The second-order valence-corrected chi connectivity index (χ2v) is 11.7. The normalized spacial score (nSPS) is 13.1. The number of benzene rings is 2. The second kappa shape index (κ2) is 8.03. The van der Waals surface area contributed by atoms with Crippen molar-refractivity contribution in [1.29, 1.82) is 0 Å². The molecule has 2 aromatic carbocycles. The van der Waals surface area contributed by atoms with E-state index in [1.54, 1.807) is 12.1 Å². The first-order valence-corrected chi connectivity index (χ1v) is 11.0. The van der Waals surface area contributed by atoms with Crippen LogP contribution in [0.4, 0.5) is 5.69 Å². The topological polar surface area (TPSA) is 43.1 Å². The SMILES string of the molecule is CC(C)(C)c1cc(C(C)(C)C)c(P=Cc2ccc([N+](=O)[O-])cc2)c(C(C)(C)C)c1. The van der Waals surface area contributed by atoms with Gasteiger partial charge in [-0.2, -0.15) is 0 Å². The highest BCUT2D eigenvalue weighted by atomic mass is 31.1. The van der Waals surface area contributed by atoms with Crippen molar-refractivity contribution < 1.29 is 4.92 Å². The first-order valence-electron chi connectivity index (χ1n) is 10.1. The molecule has 0 amide bonds. The summed E-state index contributed by atoms with van der Waals surface area (Å²) >= 11 is 0. The number of non-ortho nitro benzene ring substituents is 1. The lowest BCUT2D eigenvalue weighted by Crippen LogP contribution is -2.29. The molecule has 0 aliphatic carbocycles. The van der Waals surface area contributed by atoms with Gasteiger partial charge in [0.15, 0.2) is 0 Å². The van der Waals surface area contributed by atoms with Crippen LogP contribution in [-0.2, 0) is 16.2 Å². The third kappa shape index (κ3) is 5.76. The van der Waals surface area contributed by atoms with Crippen molar-refractivity contribution in [2.75, 3.05) is 0 Å². The summed E-state index contributed by atoms with van der Waals surface area (Å²) in [5.41, 5.74) is 5.35. The van der Waals surface area contributed by atoms with Crippen molar-refractivity contribution in [3.8, 4) is 0 Å². The summed E-state index contributed by atoms with van der Waals surface area (Å²) in [6.07, 6.45) is 0. The van der Waals surface area contributed by atoms with Crippen LogP contribution in [0, 0.1) is 10.1 Å². The highest BCUT2D eigenvalue weighted by molar-refractivity contribution is 7.48. The number of nitro groups is 1. The molecule has 4 heteroatoms. The van der Waals surface area contributed by atoms with E-state index in [-0.39, 0.29) is 26.9 Å². The van der Waals surface area contributed by atoms with E-state index in [2.05, 4.69) is 80.2 Å². The number of hydrogen-bond acceptors (Lipinski definition) is 2. The third-order valence-corrected chi connectivity index (χ3v) is 6.21. The smallest absolute Gasteiger partial charge is 0.258 e. The number of hydrogen-bond donors (Lipinski definition) is 0. The number of rotatable bonds is 3. The summed E-state index contributed by atoms with van der Waals surface area (Å²) in [6.45, 7) is 20.4. The van der Waals surface area contributed by atoms with Gasteiger partial charge in [0.1, 0.15) is 0 Å². The Labute approximate surface area is 177 Å². The Balaban J connectivity index is 2.69. The largest absolute Gasteiger partial charge is 0.269 e. The molecule has 0 atom stereocenters. The van der Waals surface area contributed by atoms with Crippen LogP contribution in [0.3, 0.4) is 0 Å². The molecule has 0 aliphatic rings. The second-order valence-electron chi connectivity index (χ2n) is 10.8.